The highest BCUT2D eigenvalue weighted by atomic mass is 16.8. The number of aliphatic hydroxyl groups is 17. The van der Waals surface area contributed by atoms with Gasteiger partial charge in [-0.1, -0.05) is 6.08 Å². The van der Waals surface area contributed by atoms with Crippen LogP contribution in [0.1, 0.15) is 57.8 Å². The zero-order valence-electron chi connectivity index (χ0n) is 42.8. The summed E-state index contributed by atoms with van der Waals surface area (Å²) in [4.78, 5) is 13.3. The van der Waals surface area contributed by atoms with E-state index >= 15 is 0 Å². The molecule has 17 N–H and O–H groups in total. The summed E-state index contributed by atoms with van der Waals surface area (Å²) in [6, 6.07) is 0. The van der Waals surface area contributed by atoms with Crippen LogP contribution >= 0.6 is 0 Å². The second-order valence-electron chi connectivity index (χ2n) is 21.9. The molecule has 29 heteroatoms. The number of fused-ring (bicyclic) bond motifs is 1. The number of hydrogen-bond acceptors (Lipinski definition) is 29. The first kappa shape index (κ1) is 62.2. The molecule has 0 amide bonds. The Morgan fingerprint density at radius 2 is 1.00 bits per heavy atom. The highest BCUT2D eigenvalue weighted by Crippen LogP contribution is 2.46. The molecule has 8 rings (SSSR count). The minimum atomic E-state index is -2.01. The topological polar surface area (TPSA) is 463 Å². The lowest BCUT2D eigenvalue weighted by molar-refractivity contribution is -0.380. The van der Waals surface area contributed by atoms with Crippen molar-refractivity contribution in [2.75, 3.05) is 33.5 Å². The van der Waals surface area contributed by atoms with E-state index in [0.717, 1.165) is 6.08 Å². The first-order chi connectivity index (χ1) is 37.2. The van der Waals surface area contributed by atoms with Gasteiger partial charge in [0, 0.05) is 25.5 Å². The van der Waals surface area contributed by atoms with E-state index in [-0.39, 0.29) is 44.9 Å². The van der Waals surface area contributed by atoms with E-state index in [1.807, 2.05) is 0 Å². The maximum Gasteiger partial charge on any atom is 0.330 e. The number of carbonyl (C=O) groups is 1. The van der Waals surface area contributed by atoms with E-state index in [1.165, 1.54) is 13.2 Å². The first-order valence-corrected chi connectivity index (χ1v) is 26.8. The summed E-state index contributed by atoms with van der Waals surface area (Å²) < 4.78 is 65.7. The van der Waals surface area contributed by atoms with Crippen molar-refractivity contribution in [1.82, 2.24) is 0 Å². The standard InChI is InChI=1S/C49H80O29/c1-68-26-9-18(4-5-21(26)54)44-27(12-20-24(70-44)10-19(53)11-25(20)72-47-42(66)38(62)34(58)29(14-51)75-47)73-49-45(78-48-43(67)39(63)35(59)30(15-52)76-48)40(64)36(60)31(77-49)16-69-32(56)7-3-17-2-6-23(22(55)8-17)71-46-41(65)37(61)33(57)28(13-50)74-46/h3,7,17-31,33-55,57-67H,2,4-6,8-16H2,1H3. The zero-order chi connectivity index (χ0) is 56.4. The number of allylic oxidation sites excluding steroid dienone is 1. The summed E-state index contributed by atoms with van der Waals surface area (Å²) in [5.41, 5.74) is 0. The zero-order valence-corrected chi connectivity index (χ0v) is 42.8. The Kier molecular flexibility index (Phi) is 21.7. The van der Waals surface area contributed by atoms with E-state index in [9.17, 15) is 91.6 Å². The maximum absolute atomic E-state index is 13.3. The van der Waals surface area contributed by atoms with Gasteiger partial charge in [0.2, 0.25) is 0 Å². The van der Waals surface area contributed by atoms with E-state index < -0.39 is 228 Å². The van der Waals surface area contributed by atoms with Gasteiger partial charge in [-0.3, -0.25) is 0 Å². The normalized spacial score (nSPS) is 51.5. The smallest absolute Gasteiger partial charge is 0.330 e. The molecule has 29 nitrogen and oxygen atoms in total. The van der Waals surface area contributed by atoms with Crippen molar-refractivity contribution in [3.8, 4) is 0 Å². The highest BCUT2D eigenvalue weighted by molar-refractivity contribution is 5.81. The fourth-order valence-corrected chi connectivity index (χ4v) is 12.2. The summed E-state index contributed by atoms with van der Waals surface area (Å²) in [6.45, 7) is -2.97. The van der Waals surface area contributed by atoms with Crippen LogP contribution in [0.25, 0.3) is 0 Å². The molecule has 0 aromatic carbocycles. The van der Waals surface area contributed by atoms with Crippen LogP contribution in [0, 0.1) is 17.8 Å². The molecule has 450 valence electrons. The van der Waals surface area contributed by atoms with Crippen LogP contribution in [-0.2, 0) is 56.9 Å². The summed E-state index contributed by atoms with van der Waals surface area (Å²) in [7, 11) is 1.44. The molecule has 0 spiro atoms. The predicted molar refractivity (Wildman–Crippen MR) is 251 cm³/mol. The molecule has 0 bridgehead atoms. The molecule has 0 radical (unpaired) electrons. The molecule has 3 aliphatic carbocycles. The summed E-state index contributed by atoms with van der Waals surface area (Å²) in [6.07, 6.45) is -38.1. The largest absolute Gasteiger partial charge is 0.460 e. The fraction of sp³-hybridized carbons (Fsp3) is 0.939. The molecule has 5 saturated heterocycles. The quantitative estimate of drug-likeness (QED) is 0.0475. The van der Waals surface area contributed by atoms with Crippen LogP contribution in [0.4, 0.5) is 0 Å². The second kappa shape index (κ2) is 27.2. The molecule has 5 heterocycles. The molecule has 5 aliphatic heterocycles. The van der Waals surface area contributed by atoms with Gasteiger partial charge in [0.15, 0.2) is 25.2 Å². The number of rotatable bonds is 17. The van der Waals surface area contributed by atoms with Gasteiger partial charge in [-0.15, -0.1) is 0 Å². The third kappa shape index (κ3) is 13.7. The van der Waals surface area contributed by atoms with Crippen molar-refractivity contribution < 1.29 is 144 Å². The van der Waals surface area contributed by atoms with Gasteiger partial charge >= 0.3 is 5.97 Å². The van der Waals surface area contributed by atoms with Crippen LogP contribution in [0.3, 0.4) is 0 Å². The number of ether oxygens (including phenoxy) is 11. The molecular formula is C49H80O29. The van der Waals surface area contributed by atoms with E-state index in [0.29, 0.717) is 12.8 Å². The number of methoxy groups -OCH3 is 1. The lowest BCUT2D eigenvalue weighted by Gasteiger charge is -2.53. The molecule has 3 saturated carbocycles. The Morgan fingerprint density at radius 1 is 0.474 bits per heavy atom. The van der Waals surface area contributed by atoms with Crippen LogP contribution in [0.15, 0.2) is 12.2 Å². The Morgan fingerprint density at radius 3 is 1.55 bits per heavy atom. The van der Waals surface area contributed by atoms with Crippen molar-refractivity contribution in [2.24, 2.45) is 17.8 Å². The van der Waals surface area contributed by atoms with E-state index in [2.05, 4.69) is 0 Å². The Labute approximate surface area is 447 Å². The van der Waals surface area contributed by atoms with Gasteiger partial charge in [0.05, 0.1) is 74.8 Å². The Bertz CT molecular complexity index is 1900. The first-order valence-electron chi connectivity index (χ1n) is 26.8. The summed E-state index contributed by atoms with van der Waals surface area (Å²) in [5, 5.41) is 180. The third-order valence-corrected chi connectivity index (χ3v) is 16.8. The SMILES string of the molecule is COC1CC(C2OC3CC(O)CC(OC4OC(CO)C(O)C(O)C4O)C3CC2OC2OC(COC(=O)C=CC3CCC(OC4OC(CO)C(O)C(O)C4O)C(O)C3)C(O)C(O)C2OC2OC(CO)C(O)C(O)C2O)CCC1O. The van der Waals surface area contributed by atoms with Gasteiger partial charge in [-0.05, 0) is 63.2 Å². The van der Waals surface area contributed by atoms with Gasteiger partial charge in [0.25, 0.3) is 0 Å². The monoisotopic (exact) mass is 1130 g/mol. The number of carbonyl (C=O) groups excluding carboxylic acids is 1. The second-order valence-corrected chi connectivity index (χ2v) is 21.9. The third-order valence-electron chi connectivity index (χ3n) is 16.8. The molecule has 32 atom stereocenters. The number of esters is 1. The molecule has 8 fully saturated rings. The lowest BCUT2D eigenvalue weighted by Crippen LogP contribution is -2.66. The molecular weight excluding hydrogens is 1050 g/mol. The van der Waals surface area contributed by atoms with Gasteiger partial charge in [-0.25, -0.2) is 4.79 Å². The van der Waals surface area contributed by atoms with Crippen molar-refractivity contribution in [2.45, 2.75) is 236 Å². The van der Waals surface area contributed by atoms with Crippen molar-refractivity contribution in [1.29, 1.82) is 0 Å². The molecule has 0 aromatic rings. The van der Waals surface area contributed by atoms with Crippen LogP contribution in [-0.4, -0.2) is 304 Å². The number of aliphatic hydroxyl groups excluding tert-OH is 17. The van der Waals surface area contributed by atoms with Crippen LogP contribution < -0.4 is 0 Å². The van der Waals surface area contributed by atoms with Gasteiger partial charge in [-0.2, -0.15) is 0 Å². The van der Waals surface area contributed by atoms with E-state index in [1.54, 1.807) is 0 Å². The maximum atomic E-state index is 13.3. The average molecular weight is 1130 g/mol. The summed E-state index contributed by atoms with van der Waals surface area (Å²) >= 11 is 0. The van der Waals surface area contributed by atoms with E-state index in [4.69, 9.17) is 52.1 Å². The fourth-order valence-electron chi connectivity index (χ4n) is 12.2. The Balaban J connectivity index is 0.999. The Hall–Kier alpha value is -1.87. The molecule has 32 unspecified atom stereocenters. The highest BCUT2D eigenvalue weighted by Gasteiger charge is 2.56. The minimum absolute atomic E-state index is 0.00700. The molecule has 78 heavy (non-hydrogen) atoms. The lowest BCUT2D eigenvalue weighted by atomic mass is 9.72. The van der Waals surface area contributed by atoms with Crippen molar-refractivity contribution in [3.05, 3.63) is 12.2 Å². The summed E-state index contributed by atoms with van der Waals surface area (Å²) in [5.74, 6) is -2.44. The number of hydrogen-bond donors (Lipinski definition) is 17. The molecule has 0 aromatic heterocycles. The van der Waals surface area contributed by atoms with Gasteiger partial charge in [0.1, 0.15) is 104 Å². The predicted octanol–water partition coefficient (Wildman–Crippen LogP) is -8.26. The van der Waals surface area contributed by atoms with Crippen LogP contribution in [0.2, 0.25) is 0 Å². The van der Waals surface area contributed by atoms with Crippen molar-refractivity contribution in [3.63, 3.8) is 0 Å². The van der Waals surface area contributed by atoms with Gasteiger partial charge < -0.3 is 139 Å². The minimum Gasteiger partial charge on any atom is -0.460 e. The van der Waals surface area contributed by atoms with Crippen LogP contribution in [0.5, 0.6) is 0 Å². The average Bonchev–Trinajstić information content (AvgIpc) is 3.44. The van der Waals surface area contributed by atoms with Crippen molar-refractivity contribution >= 4 is 5.97 Å². The molecule has 8 aliphatic rings.